The van der Waals surface area contributed by atoms with Crippen LogP contribution < -0.4 is 0 Å². The minimum Gasteiger partial charge on any atom is -0.760 e. The van der Waals surface area contributed by atoms with Gasteiger partial charge in [0.05, 0.1) is 0 Å². The van der Waals surface area contributed by atoms with E-state index in [-0.39, 0.29) is 0 Å². The van der Waals surface area contributed by atoms with E-state index in [1.54, 1.807) is 0 Å². The van der Waals surface area contributed by atoms with Gasteiger partial charge in [-0.3, -0.25) is 4.21 Å². The van der Waals surface area contributed by atoms with Gasteiger partial charge < -0.3 is 4.55 Å². The lowest BCUT2D eigenvalue weighted by atomic mass is 9.97. The lowest BCUT2D eigenvalue weighted by Gasteiger charge is -2.30. The Morgan fingerprint density at radius 3 is 3.00 bits per heavy atom. The molecule has 4 heteroatoms. The number of nitrogens with zero attached hydrogens (tertiary/aromatic N) is 1. The van der Waals surface area contributed by atoms with Crippen molar-refractivity contribution in [2.24, 2.45) is 0 Å². The van der Waals surface area contributed by atoms with E-state index in [0.717, 1.165) is 6.42 Å². The van der Waals surface area contributed by atoms with Gasteiger partial charge in [0.2, 0.25) is 0 Å². The van der Waals surface area contributed by atoms with Gasteiger partial charge in [0.25, 0.3) is 0 Å². The van der Waals surface area contributed by atoms with E-state index < -0.39 is 11.3 Å². The molecule has 3 nitrogen and oxygen atoms in total. The minimum atomic E-state index is -2.08. The van der Waals surface area contributed by atoms with Gasteiger partial charge in [0.15, 0.2) is 0 Å². The molecule has 1 unspecified atom stereocenters. The second-order valence-corrected chi connectivity index (χ2v) is 4.49. The number of aryl methyl sites for hydroxylation is 1. The Balaban J connectivity index is 2.33. The summed E-state index contributed by atoms with van der Waals surface area (Å²) >= 11 is -2.08. The molecule has 0 amide bonds. The van der Waals surface area contributed by atoms with Crippen LogP contribution in [0.25, 0.3) is 0 Å². The van der Waals surface area contributed by atoms with Crippen molar-refractivity contribution in [3.8, 4) is 0 Å². The van der Waals surface area contributed by atoms with Crippen molar-refractivity contribution in [1.82, 2.24) is 4.31 Å². The molecule has 0 aliphatic carbocycles. The summed E-state index contributed by atoms with van der Waals surface area (Å²) in [5, 5.41) is 0. The van der Waals surface area contributed by atoms with Crippen molar-refractivity contribution in [3.05, 3.63) is 34.9 Å². The molecule has 0 fully saturated rings. The predicted molar refractivity (Wildman–Crippen MR) is 54.2 cm³/mol. The molecule has 1 aromatic rings. The molecular formula is C10H12NO2S-. The number of hydrogen-bond donors (Lipinski definition) is 0. The third kappa shape index (κ3) is 1.73. The van der Waals surface area contributed by atoms with E-state index in [4.69, 9.17) is 0 Å². The Morgan fingerprint density at radius 2 is 2.29 bits per heavy atom. The number of fused-ring (bicyclic) bond motifs is 1. The van der Waals surface area contributed by atoms with E-state index >= 15 is 0 Å². The fraction of sp³-hybridized carbons (Fsp3) is 0.400. The van der Waals surface area contributed by atoms with Crippen LogP contribution >= 0.6 is 0 Å². The first-order valence-electron chi connectivity index (χ1n) is 4.60. The van der Waals surface area contributed by atoms with Crippen LogP contribution in [0.15, 0.2) is 18.2 Å². The Kier molecular flexibility index (Phi) is 2.67. The van der Waals surface area contributed by atoms with Gasteiger partial charge in [-0.2, -0.15) is 0 Å². The van der Waals surface area contributed by atoms with E-state index in [1.165, 1.54) is 21.0 Å². The van der Waals surface area contributed by atoms with E-state index in [9.17, 15) is 8.76 Å². The average Bonchev–Trinajstić information content (AvgIpc) is 2.18. The quantitative estimate of drug-likeness (QED) is 0.652. The summed E-state index contributed by atoms with van der Waals surface area (Å²) in [5.41, 5.74) is 3.63. The maximum atomic E-state index is 10.8. The van der Waals surface area contributed by atoms with Crippen molar-refractivity contribution < 1.29 is 8.76 Å². The summed E-state index contributed by atoms with van der Waals surface area (Å²) in [5.74, 6) is 0. The summed E-state index contributed by atoms with van der Waals surface area (Å²) in [7, 11) is 0. The van der Waals surface area contributed by atoms with Crippen LogP contribution in [0, 0.1) is 6.92 Å². The van der Waals surface area contributed by atoms with Crippen LogP contribution in [0.2, 0.25) is 0 Å². The van der Waals surface area contributed by atoms with Crippen molar-refractivity contribution in [3.63, 3.8) is 0 Å². The maximum absolute atomic E-state index is 10.8. The zero-order chi connectivity index (χ0) is 10.1. The number of benzene rings is 1. The van der Waals surface area contributed by atoms with Crippen molar-refractivity contribution in [2.75, 3.05) is 6.54 Å². The Bertz CT molecular complexity index is 378. The first kappa shape index (κ1) is 9.83. The standard InChI is InChI=1S/C10H13NO2S/c1-8-3-2-4-9-5-6-11(14(12)13)7-10(8)9/h2-4H,5-7H2,1H3,(H,12,13)/p-1. The molecule has 0 N–H and O–H groups in total. The first-order chi connectivity index (χ1) is 6.68. The summed E-state index contributed by atoms with van der Waals surface area (Å²) in [6.07, 6.45) is 0.824. The molecule has 0 saturated heterocycles. The largest absolute Gasteiger partial charge is 0.760 e. The topological polar surface area (TPSA) is 43.4 Å². The molecule has 1 aliphatic rings. The summed E-state index contributed by atoms with van der Waals surface area (Å²) in [4.78, 5) is 0. The number of hydrogen-bond acceptors (Lipinski definition) is 2. The third-order valence-corrected chi connectivity index (χ3v) is 3.42. The highest BCUT2D eigenvalue weighted by molar-refractivity contribution is 7.76. The first-order valence-corrected chi connectivity index (χ1v) is 5.63. The normalized spacial score (nSPS) is 19.0. The zero-order valence-corrected chi connectivity index (χ0v) is 8.84. The number of rotatable bonds is 1. The molecule has 1 atom stereocenters. The van der Waals surface area contributed by atoms with Crippen molar-refractivity contribution >= 4 is 11.3 Å². The predicted octanol–water partition coefficient (Wildman–Crippen LogP) is 1.15. The lowest BCUT2D eigenvalue weighted by Crippen LogP contribution is -2.32. The van der Waals surface area contributed by atoms with Crippen LogP contribution in [-0.4, -0.2) is 19.6 Å². The molecule has 0 saturated carbocycles. The minimum absolute atomic E-state index is 0.526. The highest BCUT2D eigenvalue weighted by Crippen LogP contribution is 2.22. The van der Waals surface area contributed by atoms with Gasteiger partial charge in [0, 0.05) is 24.4 Å². The monoisotopic (exact) mass is 210 g/mol. The van der Waals surface area contributed by atoms with Crippen LogP contribution in [0.4, 0.5) is 0 Å². The molecule has 2 rings (SSSR count). The lowest BCUT2D eigenvalue weighted by molar-refractivity contribution is 0.370. The van der Waals surface area contributed by atoms with Gasteiger partial charge in [-0.25, -0.2) is 4.31 Å². The van der Waals surface area contributed by atoms with Gasteiger partial charge in [-0.1, -0.05) is 18.2 Å². The molecule has 0 aromatic heterocycles. The van der Waals surface area contributed by atoms with Gasteiger partial charge in [0.1, 0.15) is 0 Å². The molecule has 14 heavy (non-hydrogen) atoms. The Hall–Kier alpha value is -0.710. The Labute approximate surface area is 86.2 Å². The fourth-order valence-electron chi connectivity index (χ4n) is 1.85. The second-order valence-electron chi connectivity index (χ2n) is 3.54. The molecule has 1 heterocycles. The average molecular weight is 210 g/mol. The zero-order valence-electron chi connectivity index (χ0n) is 8.03. The summed E-state index contributed by atoms with van der Waals surface area (Å²) in [6, 6.07) is 6.13. The molecule has 1 aliphatic heterocycles. The SMILES string of the molecule is Cc1cccc2c1CN(S(=O)[O-])CC2. The van der Waals surface area contributed by atoms with Crippen LogP contribution in [-0.2, 0) is 24.2 Å². The highest BCUT2D eigenvalue weighted by atomic mass is 32.2. The highest BCUT2D eigenvalue weighted by Gasteiger charge is 2.17. The molecule has 76 valence electrons. The molecule has 0 bridgehead atoms. The van der Waals surface area contributed by atoms with Crippen molar-refractivity contribution in [1.29, 1.82) is 0 Å². The Morgan fingerprint density at radius 1 is 1.50 bits per heavy atom. The van der Waals surface area contributed by atoms with E-state index in [0.29, 0.717) is 13.1 Å². The van der Waals surface area contributed by atoms with Crippen LogP contribution in [0.3, 0.4) is 0 Å². The van der Waals surface area contributed by atoms with E-state index in [2.05, 4.69) is 6.07 Å². The second kappa shape index (κ2) is 3.81. The maximum Gasteiger partial charge on any atom is 0.0358 e. The molecule has 0 radical (unpaired) electrons. The third-order valence-electron chi connectivity index (χ3n) is 2.68. The molecular weight excluding hydrogens is 198 g/mol. The van der Waals surface area contributed by atoms with Gasteiger partial charge in [-0.05, 0) is 30.0 Å². The fourth-order valence-corrected chi connectivity index (χ4v) is 2.33. The summed E-state index contributed by atoms with van der Waals surface area (Å²) in [6.45, 7) is 3.15. The smallest absolute Gasteiger partial charge is 0.0358 e. The van der Waals surface area contributed by atoms with Crippen LogP contribution in [0.5, 0.6) is 0 Å². The summed E-state index contributed by atoms with van der Waals surface area (Å²) < 4.78 is 23.1. The van der Waals surface area contributed by atoms with Gasteiger partial charge in [-0.15, -0.1) is 0 Å². The van der Waals surface area contributed by atoms with E-state index in [1.807, 2.05) is 19.1 Å². The van der Waals surface area contributed by atoms with Gasteiger partial charge >= 0.3 is 0 Å². The van der Waals surface area contributed by atoms with Crippen molar-refractivity contribution in [2.45, 2.75) is 19.9 Å². The molecule has 1 aromatic carbocycles. The van der Waals surface area contributed by atoms with Crippen LogP contribution in [0.1, 0.15) is 16.7 Å². The molecule has 0 spiro atoms.